The van der Waals surface area contributed by atoms with E-state index in [9.17, 15) is 0 Å². The molecule has 0 saturated carbocycles. The summed E-state index contributed by atoms with van der Waals surface area (Å²) < 4.78 is 0. The van der Waals surface area contributed by atoms with Crippen LogP contribution in [0.3, 0.4) is 0 Å². The maximum absolute atomic E-state index is 5.80. The van der Waals surface area contributed by atoms with Crippen molar-refractivity contribution >= 4 is 17.2 Å². The highest BCUT2D eigenvalue weighted by Crippen LogP contribution is 2.23. The van der Waals surface area contributed by atoms with Crippen molar-refractivity contribution < 1.29 is 0 Å². The van der Waals surface area contributed by atoms with E-state index in [2.05, 4.69) is 28.3 Å². The van der Waals surface area contributed by atoms with Crippen molar-refractivity contribution in [2.24, 2.45) is 0 Å². The number of nitrogens with two attached hydrogens (primary N) is 1. The molecule has 1 aromatic heterocycles. The molecule has 0 atom stereocenters. The molecule has 0 unspecified atom stereocenters. The Morgan fingerprint density at radius 2 is 2.12 bits per heavy atom. The van der Waals surface area contributed by atoms with Gasteiger partial charge in [-0.2, -0.15) is 0 Å². The fraction of sp³-hybridized carbons (Fsp3) is 0.231. The van der Waals surface area contributed by atoms with Gasteiger partial charge in [0.2, 0.25) is 0 Å². The second-order valence-electron chi connectivity index (χ2n) is 3.86. The van der Waals surface area contributed by atoms with Gasteiger partial charge in [-0.3, -0.25) is 0 Å². The first kappa shape index (κ1) is 11.4. The van der Waals surface area contributed by atoms with E-state index in [0.29, 0.717) is 11.5 Å². The van der Waals surface area contributed by atoms with Crippen molar-refractivity contribution in [3.8, 4) is 0 Å². The predicted molar refractivity (Wildman–Crippen MR) is 70.2 cm³/mol. The molecule has 2 aromatic rings. The van der Waals surface area contributed by atoms with Crippen LogP contribution in [0.1, 0.15) is 18.9 Å². The smallest absolute Gasteiger partial charge is 0.157 e. The van der Waals surface area contributed by atoms with Crippen LogP contribution in [0.5, 0.6) is 0 Å². The number of aromatic nitrogens is 2. The van der Waals surface area contributed by atoms with Gasteiger partial charge in [0.25, 0.3) is 0 Å². The molecule has 88 valence electrons. The third-order valence-corrected chi connectivity index (χ3v) is 2.53. The number of nitrogens with one attached hydrogen (secondary N) is 1. The van der Waals surface area contributed by atoms with Crippen LogP contribution in [0, 0.1) is 0 Å². The Labute approximate surface area is 101 Å². The maximum Gasteiger partial charge on any atom is 0.157 e. The van der Waals surface area contributed by atoms with Crippen LogP contribution in [-0.2, 0) is 6.42 Å². The number of hydrogen-bond acceptors (Lipinski definition) is 4. The number of aryl methyl sites for hydroxylation is 1. The SMILES string of the molecule is CCCc1ccccc1Nc1ncncc1N. The minimum absolute atomic E-state index is 0.554. The highest BCUT2D eigenvalue weighted by Gasteiger charge is 2.04. The van der Waals surface area contributed by atoms with Crippen LogP contribution < -0.4 is 11.1 Å². The second kappa shape index (κ2) is 5.30. The molecule has 0 saturated heterocycles. The van der Waals surface area contributed by atoms with E-state index in [-0.39, 0.29) is 0 Å². The van der Waals surface area contributed by atoms with E-state index in [4.69, 9.17) is 5.73 Å². The zero-order valence-corrected chi connectivity index (χ0v) is 9.85. The highest BCUT2D eigenvalue weighted by atomic mass is 15.0. The highest BCUT2D eigenvalue weighted by molar-refractivity contribution is 5.69. The average Bonchev–Trinajstić information content (AvgIpc) is 2.35. The monoisotopic (exact) mass is 228 g/mol. The Kier molecular flexibility index (Phi) is 3.55. The molecule has 4 heteroatoms. The van der Waals surface area contributed by atoms with Gasteiger partial charge < -0.3 is 11.1 Å². The largest absolute Gasteiger partial charge is 0.394 e. The van der Waals surface area contributed by atoms with Gasteiger partial charge in [-0.05, 0) is 18.1 Å². The van der Waals surface area contributed by atoms with Crippen molar-refractivity contribution in [2.45, 2.75) is 19.8 Å². The zero-order valence-electron chi connectivity index (χ0n) is 9.85. The molecule has 3 N–H and O–H groups in total. The van der Waals surface area contributed by atoms with Gasteiger partial charge in [0.05, 0.1) is 11.9 Å². The summed E-state index contributed by atoms with van der Waals surface area (Å²) in [5.74, 6) is 0.656. The lowest BCUT2D eigenvalue weighted by atomic mass is 10.1. The van der Waals surface area contributed by atoms with E-state index in [1.54, 1.807) is 6.20 Å². The maximum atomic E-state index is 5.80. The van der Waals surface area contributed by atoms with Crippen molar-refractivity contribution in [3.05, 3.63) is 42.4 Å². The number of nitrogen functional groups attached to an aromatic ring is 1. The summed E-state index contributed by atoms with van der Waals surface area (Å²) in [4.78, 5) is 8.00. The van der Waals surface area contributed by atoms with Crippen LogP contribution in [0.15, 0.2) is 36.8 Å². The number of benzene rings is 1. The number of nitrogens with zero attached hydrogens (tertiary/aromatic N) is 2. The van der Waals surface area contributed by atoms with E-state index < -0.39 is 0 Å². The van der Waals surface area contributed by atoms with Gasteiger partial charge in [-0.15, -0.1) is 0 Å². The van der Waals surface area contributed by atoms with Gasteiger partial charge in [-0.25, -0.2) is 9.97 Å². The second-order valence-corrected chi connectivity index (χ2v) is 3.86. The Morgan fingerprint density at radius 3 is 2.88 bits per heavy atom. The van der Waals surface area contributed by atoms with Crippen LogP contribution >= 0.6 is 0 Å². The van der Waals surface area contributed by atoms with Gasteiger partial charge in [0.1, 0.15) is 6.33 Å². The predicted octanol–water partition coefficient (Wildman–Crippen LogP) is 2.75. The average molecular weight is 228 g/mol. The molecule has 17 heavy (non-hydrogen) atoms. The summed E-state index contributed by atoms with van der Waals surface area (Å²) in [7, 11) is 0. The van der Waals surface area contributed by atoms with Gasteiger partial charge in [-0.1, -0.05) is 31.5 Å². The topological polar surface area (TPSA) is 63.8 Å². The molecule has 1 aromatic carbocycles. The molecule has 0 amide bonds. The summed E-state index contributed by atoms with van der Waals surface area (Å²) >= 11 is 0. The fourth-order valence-corrected chi connectivity index (χ4v) is 1.70. The molecular weight excluding hydrogens is 212 g/mol. The third-order valence-electron chi connectivity index (χ3n) is 2.53. The summed E-state index contributed by atoms with van der Waals surface area (Å²) in [5, 5.41) is 3.25. The van der Waals surface area contributed by atoms with E-state index in [1.165, 1.54) is 11.9 Å². The minimum atomic E-state index is 0.554. The zero-order chi connectivity index (χ0) is 12.1. The number of anilines is 3. The molecule has 4 nitrogen and oxygen atoms in total. The molecule has 0 bridgehead atoms. The molecule has 1 heterocycles. The quantitative estimate of drug-likeness (QED) is 0.844. The third kappa shape index (κ3) is 2.72. The minimum Gasteiger partial charge on any atom is -0.394 e. The molecule has 2 rings (SSSR count). The van der Waals surface area contributed by atoms with E-state index in [0.717, 1.165) is 18.5 Å². The number of rotatable bonds is 4. The molecule has 0 aliphatic heterocycles. The van der Waals surface area contributed by atoms with Crippen molar-refractivity contribution in [2.75, 3.05) is 11.1 Å². The first-order valence-corrected chi connectivity index (χ1v) is 5.71. The molecular formula is C13H16N4. The van der Waals surface area contributed by atoms with Crippen molar-refractivity contribution in [1.29, 1.82) is 0 Å². The van der Waals surface area contributed by atoms with Crippen molar-refractivity contribution in [3.63, 3.8) is 0 Å². The summed E-state index contributed by atoms with van der Waals surface area (Å²) in [6.45, 7) is 2.16. The van der Waals surface area contributed by atoms with E-state index >= 15 is 0 Å². The van der Waals surface area contributed by atoms with Crippen LogP contribution in [0.25, 0.3) is 0 Å². The summed E-state index contributed by atoms with van der Waals surface area (Å²) in [6, 6.07) is 8.19. The van der Waals surface area contributed by atoms with Crippen LogP contribution in [0.2, 0.25) is 0 Å². The Bertz CT molecular complexity index is 496. The lowest BCUT2D eigenvalue weighted by Crippen LogP contribution is -2.01. The summed E-state index contributed by atoms with van der Waals surface area (Å²) in [6.07, 6.45) is 5.23. The standard InChI is InChI=1S/C13H16N4/c1-2-5-10-6-3-4-7-12(10)17-13-11(14)8-15-9-16-13/h3-4,6-9H,2,5,14H2,1H3,(H,15,16,17). The lowest BCUT2D eigenvalue weighted by molar-refractivity contribution is 0.923. The van der Waals surface area contributed by atoms with Gasteiger partial charge in [0, 0.05) is 5.69 Å². The Balaban J connectivity index is 2.27. The van der Waals surface area contributed by atoms with E-state index in [1.807, 2.05) is 18.2 Å². The molecule has 0 spiro atoms. The first-order chi connectivity index (χ1) is 8.31. The normalized spacial score (nSPS) is 10.2. The molecule has 0 aliphatic rings. The van der Waals surface area contributed by atoms with Gasteiger partial charge >= 0.3 is 0 Å². The van der Waals surface area contributed by atoms with Crippen molar-refractivity contribution in [1.82, 2.24) is 9.97 Å². The molecule has 0 aliphatic carbocycles. The first-order valence-electron chi connectivity index (χ1n) is 5.71. The lowest BCUT2D eigenvalue weighted by Gasteiger charge is -2.11. The fourth-order valence-electron chi connectivity index (χ4n) is 1.70. The Morgan fingerprint density at radius 1 is 1.29 bits per heavy atom. The molecule has 0 radical (unpaired) electrons. The van der Waals surface area contributed by atoms with Crippen LogP contribution in [0.4, 0.5) is 17.2 Å². The van der Waals surface area contributed by atoms with Gasteiger partial charge in [0.15, 0.2) is 5.82 Å². The Hall–Kier alpha value is -2.10. The number of hydrogen-bond donors (Lipinski definition) is 2. The van der Waals surface area contributed by atoms with Crippen LogP contribution in [-0.4, -0.2) is 9.97 Å². The molecule has 0 fully saturated rings. The number of para-hydroxylation sites is 1. The summed E-state index contributed by atoms with van der Waals surface area (Å²) in [5.41, 5.74) is 8.69.